The van der Waals surface area contributed by atoms with Crippen LogP contribution in [0.3, 0.4) is 0 Å². The largest absolute Gasteiger partial charge is 0.314 e. The van der Waals surface area contributed by atoms with Crippen molar-refractivity contribution in [2.24, 2.45) is 0 Å². The fourth-order valence-corrected chi connectivity index (χ4v) is 4.52. The Morgan fingerprint density at radius 2 is 2.17 bits per heavy atom. The third kappa shape index (κ3) is 6.82. The highest BCUT2D eigenvalue weighted by Crippen LogP contribution is 2.10. The van der Waals surface area contributed by atoms with Crippen LogP contribution in [0.4, 0.5) is 0 Å². The molecule has 1 aliphatic heterocycles. The van der Waals surface area contributed by atoms with E-state index in [4.69, 9.17) is 0 Å². The molecule has 7 heteroatoms. The summed E-state index contributed by atoms with van der Waals surface area (Å²) in [5, 5.41) is 3.34. The van der Waals surface area contributed by atoms with Crippen molar-refractivity contribution in [1.29, 1.82) is 0 Å². The van der Waals surface area contributed by atoms with Crippen LogP contribution in [0.25, 0.3) is 0 Å². The summed E-state index contributed by atoms with van der Waals surface area (Å²) >= 11 is 0. The van der Waals surface area contributed by atoms with Gasteiger partial charge in [-0.15, -0.1) is 0 Å². The molecule has 0 bridgehead atoms. The van der Waals surface area contributed by atoms with Crippen molar-refractivity contribution < 1.29 is 12.6 Å². The molecular formula is C11H24N2O3S2. The smallest absolute Gasteiger partial charge is 0.211 e. The zero-order valence-corrected chi connectivity index (χ0v) is 12.8. The number of sulfonamides is 1. The van der Waals surface area contributed by atoms with E-state index in [0.29, 0.717) is 18.2 Å². The van der Waals surface area contributed by atoms with E-state index in [2.05, 4.69) is 10.0 Å². The standard InChI is InChI=1S/C11H24N2O3S2/c1-10(9-17(2)14)13-18(15,16)8-6-11-5-3-4-7-12-11/h10-13H,3-9H2,1-2H3. The second-order valence-corrected chi connectivity index (χ2v) is 8.37. The lowest BCUT2D eigenvalue weighted by atomic mass is 10.0. The summed E-state index contributed by atoms with van der Waals surface area (Å²) in [6, 6.07) is 0.0612. The molecule has 0 radical (unpaired) electrons. The van der Waals surface area contributed by atoms with E-state index < -0.39 is 20.8 Å². The highest BCUT2D eigenvalue weighted by molar-refractivity contribution is 7.89. The van der Waals surface area contributed by atoms with E-state index in [-0.39, 0.29) is 11.8 Å². The maximum absolute atomic E-state index is 11.8. The summed E-state index contributed by atoms with van der Waals surface area (Å²) in [4.78, 5) is 0. The van der Waals surface area contributed by atoms with E-state index in [1.807, 2.05) is 0 Å². The first-order valence-electron chi connectivity index (χ1n) is 6.42. The number of nitrogens with one attached hydrogen (secondary N) is 2. The molecule has 0 aliphatic carbocycles. The van der Waals surface area contributed by atoms with Crippen LogP contribution in [0.1, 0.15) is 32.6 Å². The normalized spacial score (nSPS) is 24.7. The van der Waals surface area contributed by atoms with Crippen molar-refractivity contribution in [2.45, 2.75) is 44.7 Å². The molecule has 0 aromatic heterocycles. The van der Waals surface area contributed by atoms with Gasteiger partial charge in [-0.05, 0) is 32.7 Å². The van der Waals surface area contributed by atoms with Gasteiger partial charge in [0.2, 0.25) is 10.0 Å². The molecule has 3 atom stereocenters. The average molecular weight is 296 g/mol. The van der Waals surface area contributed by atoms with E-state index in [1.54, 1.807) is 13.2 Å². The van der Waals surface area contributed by atoms with Gasteiger partial charge in [-0.25, -0.2) is 13.1 Å². The Kier molecular flexibility index (Phi) is 6.76. The zero-order valence-electron chi connectivity index (χ0n) is 11.1. The van der Waals surface area contributed by atoms with Crippen LogP contribution >= 0.6 is 0 Å². The zero-order chi connectivity index (χ0) is 13.6. The van der Waals surface area contributed by atoms with Crippen molar-refractivity contribution in [3.05, 3.63) is 0 Å². The molecule has 1 rings (SSSR count). The van der Waals surface area contributed by atoms with E-state index in [1.165, 1.54) is 12.8 Å². The molecule has 18 heavy (non-hydrogen) atoms. The van der Waals surface area contributed by atoms with Gasteiger partial charge in [-0.2, -0.15) is 0 Å². The van der Waals surface area contributed by atoms with Gasteiger partial charge in [-0.3, -0.25) is 4.21 Å². The minimum atomic E-state index is -3.25. The molecule has 1 saturated heterocycles. The Morgan fingerprint density at radius 1 is 1.44 bits per heavy atom. The molecule has 0 aromatic rings. The van der Waals surface area contributed by atoms with Gasteiger partial charge in [-0.1, -0.05) is 6.42 Å². The van der Waals surface area contributed by atoms with Crippen LogP contribution in [0.2, 0.25) is 0 Å². The van der Waals surface area contributed by atoms with Crippen molar-refractivity contribution >= 4 is 20.8 Å². The molecule has 0 aromatic carbocycles. The molecule has 108 valence electrons. The number of piperidine rings is 1. The fraction of sp³-hybridized carbons (Fsp3) is 1.00. The molecular weight excluding hydrogens is 272 g/mol. The summed E-state index contributed by atoms with van der Waals surface area (Å²) in [7, 11) is -4.23. The summed E-state index contributed by atoms with van der Waals surface area (Å²) in [6.07, 6.45) is 5.65. The van der Waals surface area contributed by atoms with Gasteiger partial charge in [0.1, 0.15) is 0 Å². The molecule has 2 N–H and O–H groups in total. The second kappa shape index (κ2) is 7.57. The Hall–Kier alpha value is 0.0200. The fourth-order valence-electron chi connectivity index (χ4n) is 2.22. The number of hydrogen-bond donors (Lipinski definition) is 2. The molecule has 1 aliphatic rings. The first-order valence-corrected chi connectivity index (χ1v) is 9.80. The van der Waals surface area contributed by atoms with Crippen LogP contribution in [-0.4, -0.2) is 49.0 Å². The van der Waals surface area contributed by atoms with E-state index in [9.17, 15) is 12.6 Å². The first kappa shape index (κ1) is 16.1. The molecule has 1 fully saturated rings. The SMILES string of the molecule is CC(CS(C)=O)NS(=O)(=O)CCC1CCCCN1. The lowest BCUT2D eigenvalue weighted by Crippen LogP contribution is -2.40. The van der Waals surface area contributed by atoms with Crippen LogP contribution in [-0.2, 0) is 20.8 Å². The van der Waals surface area contributed by atoms with Gasteiger partial charge in [0.05, 0.1) is 5.75 Å². The molecule has 1 heterocycles. The predicted molar refractivity (Wildman–Crippen MR) is 75.6 cm³/mol. The van der Waals surface area contributed by atoms with Gasteiger partial charge in [0, 0.05) is 34.9 Å². The highest BCUT2D eigenvalue weighted by atomic mass is 32.2. The summed E-state index contributed by atoms with van der Waals surface area (Å²) in [5.74, 6) is 0.506. The molecule has 5 nitrogen and oxygen atoms in total. The average Bonchev–Trinajstić information content (AvgIpc) is 2.26. The van der Waals surface area contributed by atoms with Crippen LogP contribution < -0.4 is 10.0 Å². The first-order chi connectivity index (χ1) is 8.39. The Morgan fingerprint density at radius 3 is 2.72 bits per heavy atom. The third-order valence-electron chi connectivity index (χ3n) is 3.01. The molecule has 0 spiro atoms. The Balaban J connectivity index is 2.32. The lowest BCUT2D eigenvalue weighted by Gasteiger charge is -2.23. The van der Waals surface area contributed by atoms with E-state index >= 15 is 0 Å². The minimum Gasteiger partial charge on any atom is -0.314 e. The minimum absolute atomic E-state index is 0.144. The predicted octanol–water partition coefficient (Wildman–Crippen LogP) is 0.205. The third-order valence-corrected chi connectivity index (χ3v) is 5.52. The molecule has 3 unspecified atom stereocenters. The summed E-state index contributed by atoms with van der Waals surface area (Å²) < 4.78 is 37.2. The van der Waals surface area contributed by atoms with Gasteiger partial charge < -0.3 is 5.32 Å². The maximum Gasteiger partial charge on any atom is 0.211 e. The highest BCUT2D eigenvalue weighted by Gasteiger charge is 2.19. The quantitative estimate of drug-likeness (QED) is 0.704. The Bertz CT molecular complexity index is 364. The van der Waals surface area contributed by atoms with Gasteiger partial charge >= 0.3 is 0 Å². The summed E-state index contributed by atoms with van der Waals surface area (Å²) in [5.41, 5.74) is 0. The second-order valence-electron chi connectivity index (χ2n) is 5.01. The van der Waals surface area contributed by atoms with Crippen molar-refractivity contribution in [3.63, 3.8) is 0 Å². The monoisotopic (exact) mass is 296 g/mol. The maximum atomic E-state index is 11.8. The van der Waals surface area contributed by atoms with Gasteiger partial charge in [0.15, 0.2) is 0 Å². The lowest BCUT2D eigenvalue weighted by molar-refractivity contribution is 0.392. The van der Waals surface area contributed by atoms with Crippen molar-refractivity contribution in [2.75, 3.05) is 24.3 Å². The number of rotatable bonds is 7. The van der Waals surface area contributed by atoms with E-state index in [0.717, 1.165) is 13.0 Å². The van der Waals surface area contributed by atoms with Crippen molar-refractivity contribution in [1.82, 2.24) is 10.0 Å². The van der Waals surface area contributed by atoms with Crippen LogP contribution in [0, 0.1) is 0 Å². The van der Waals surface area contributed by atoms with Crippen LogP contribution in [0.15, 0.2) is 0 Å². The topological polar surface area (TPSA) is 75.3 Å². The molecule has 0 saturated carbocycles. The number of hydrogen-bond acceptors (Lipinski definition) is 4. The summed E-state index contributed by atoms with van der Waals surface area (Å²) in [6.45, 7) is 2.74. The Labute approximate surface area is 113 Å². The van der Waals surface area contributed by atoms with Gasteiger partial charge in [0.25, 0.3) is 0 Å². The van der Waals surface area contributed by atoms with Crippen LogP contribution in [0.5, 0.6) is 0 Å². The molecule has 0 amide bonds. The van der Waals surface area contributed by atoms with Crippen molar-refractivity contribution in [3.8, 4) is 0 Å².